The van der Waals surface area contributed by atoms with E-state index in [1.165, 1.54) is 16.3 Å². The van der Waals surface area contributed by atoms with Crippen molar-refractivity contribution in [1.82, 2.24) is 8.61 Å². The Kier molecular flexibility index (Phi) is 6.30. The molecular formula is C20H30N4O4S. The lowest BCUT2D eigenvalue weighted by atomic mass is 9.94. The van der Waals surface area contributed by atoms with E-state index in [2.05, 4.69) is 5.32 Å². The van der Waals surface area contributed by atoms with Crippen molar-refractivity contribution in [2.24, 2.45) is 11.8 Å². The fraction of sp³-hybridized carbons (Fsp3) is 0.600. The first-order valence-electron chi connectivity index (χ1n) is 10.0. The molecule has 1 fully saturated rings. The highest BCUT2D eigenvalue weighted by Crippen LogP contribution is 2.31. The van der Waals surface area contributed by atoms with E-state index in [1.807, 2.05) is 13.8 Å². The van der Waals surface area contributed by atoms with Crippen molar-refractivity contribution in [3.8, 4) is 0 Å². The summed E-state index contributed by atoms with van der Waals surface area (Å²) in [7, 11) is -2.30. The van der Waals surface area contributed by atoms with Crippen LogP contribution >= 0.6 is 0 Å². The SMILES string of the molecule is CC1CC(C)CN(S(=O)(=O)N(C)CC(=O)N2c3ccccc3NC(=O)CC2C)C1. The van der Waals surface area contributed by atoms with Crippen LogP contribution in [0.25, 0.3) is 0 Å². The van der Waals surface area contributed by atoms with Crippen LogP contribution in [0, 0.1) is 11.8 Å². The van der Waals surface area contributed by atoms with Crippen LogP contribution in [0.15, 0.2) is 24.3 Å². The molecule has 0 saturated carbocycles. The van der Waals surface area contributed by atoms with Crippen molar-refractivity contribution >= 4 is 33.4 Å². The van der Waals surface area contributed by atoms with Gasteiger partial charge in [-0.15, -0.1) is 0 Å². The van der Waals surface area contributed by atoms with E-state index in [1.54, 1.807) is 31.2 Å². The van der Waals surface area contributed by atoms with Crippen LogP contribution in [0.2, 0.25) is 0 Å². The lowest BCUT2D eigenvalue weighted by Crippen LogP contribution is -2.51. The molecule has 29 heavy (non-hydrogen) atoms. The summed E-state index contributed by atoms with van der Waals surface area (Å²) in [6, 6.07) is 6.70. The van der Waals surface area contributed by atoms with Gasteiger partial charge in [0, 0.05) is 32.6 Å². The Balaban J connectivity index is 1.81. The van der Waals surface area contributed by atoms with Gasteiger partial charge in [-0.25, -0.2) is 0 Å². The molecule has 3 unspecified atom stereocenters. The van der Waals surface area contributed by atoms with Crippen molar-refractivity contribution < 1.29 is 18.0 Å². The second-order valence-electron chi connectivity index (χ2n) is 8.41. The molecule has 3 rings (SSSR count). The Bertz CT molecular complexity index is 878. The van der Waals surface area contributed by atoms with Crippen molar-refractivity contribution in [3.63, 3.8) is 0 Å². The molecule has 2 heterocycles. The molecule has 1 aromatic carbocycles. The first-order valence-corrected chi connectivity index (χ1v) is 11.4. The number of hydrogen-bond acceptors (Lipinski definition) is 4. The number of likely N-dealkylation sites (N-methyl/N-ethyl adjacent to an activating group) is 1. The zero-order valence-corrected chi connectivity index (χ0v) is 18.3. The Hall–Kier alpha value is -1.97. The number of carbonyl (C=O) groups excluding carboxylic acids is 2. The molecule has 1 N–H and O–H groups in total. The predicted octanol–water partition coefficient (Wildman–Crippen LogP) is 1.90. The maximum atomic E-state index is 13.2. The fourth-order valence-electron chi connectivity index (χ4n) is 4.31. The molecule has 2 amide bonds. The number of amides is 2. The quantitative estimate of drug-likeness (QED) is 0.803. The fourth-order valence-corrected chi connectivity index (χ4v) is 5.86. The number of nitrogens with one attached hydrogen (secondary N) is 1. The summed E-state index contributed by atoms with van der Waals surface area (Å²) in [5.74, 6) is 0.0441. The highest BCUT2D eigenvalue weighted by molar-refractivity contribution is 7.86. The molecule has 1 saturated heterocycles. The molecule has 8 nitrogen and oxygen atoms in total. The van der Waals surface area contributed by atoms with Gasteiger partial charge in [-0.3, -0.25) is 9.59 Å². The molecule has 0 radical (unpaired) electrons. The standard InChI is InChI=1S/C20H30N4O4S/c1-14-9-15(2)12-23(11-14)29(27,28)22(4)13-20(26)24-16(3)10-19(25)21-17-7-5-6-8-18(17)24/h5-8,14-16H,9-13H2,1-4H3,(H,21,25). The second-order valence-corrected chi connectivity index (χ2v) is 10.4. The third kappa shape index (κ3) is 4.62. The van der Waals surface area contributed by atoms with E-state index in [9.17, 15) is 18.0 Å². The molecule has 0 aromatic heterocycles. The number of para-hydroxylation sites is 2. The lowest BCUT2D eigenvalue weighted by Gasteiger charge is -2.36. The molecule has 3 atom stereocenters. The van der Waals surface area contributed by atoms with Gasteiger partial charge in [0.2, 0.25) is 11.8 Å². The number of nitrogens with zero attached hydrogens (tertiary/aromatic N) is 3. The molecule has 9 heteroatoms. The van der Waals surface area contributed by atoms with Gasteiger partial charge in [-0.05, 0) is 37.3 Å². The molecular weight excluding hydrogens is 392 g/mol. The van der Waals surface area contributed by atoms with Gasteiger partial charge in [0.15, 0.2) is 0 Å². The molecule has 1 aromatic rings. The summed E-state index contributed by atoms with van der Waals surface area (Å²) < 4.78 is 28.7. The monoisotopic (exact) mass is 422 g/mol. The van der Waals surface area contributed by atoms with E-state index in [-0.39, 0.29) is 42.7 Å². The first kappa shape index (κ1) is 21.7. The number of carbonyl (C=O) groups is 2. The van der Waals surface area contributed by atoms with Gasteiger partial charge in [0.05, 0.1) is 17.9 Å². The Morgan fingerprint density at radius 1 is 1.17 bits per heavy atom. The molecule has 2 aliphatic heterocycles. The van der Waals surface area contributed by atoms with Crippen LogP contribution in [-0.4, -0.2) is 61.6 Å². The Morgan fingerprint density at radius 2 is 1.79 bits per heavy atom. The van der Waals surface area contributed by atoms with Gasteiger partial charge >= 0.3 is 0 Å². The zero-order chi connectivity index (χ0) is 21.3. The van der Waals surface area contributed by atoms with Crippen LogP contribution in [0.1, 0.15) is 33.6 Å². The third-order valence-electron chi connectivity index (χ3n) is 5.54. The summed E-state index contributed by atoms with van der Waals surface area (Å²) in [6.07, 6.45) is 1.15. The van der Waals surface area contributed by atoms with E-state index < -0.39 is 10.2 Å². The number of rotatable bonds is 4. The van der Waals surface area contributed by atoms with Crippen LogP contribution < -0.4 is 10.2 Å². The number of hydrogen-bond donors (Lipinski definition) is 1. The lowest BCUT2D eigenvalue weighted by molar-refractivity contribution is -0.119. The highest BCUT2D eigenvalue weighted by atomic mass is 32.2. The van der Waals surface area contributed by atoms with Crippen molar-refractivity contribution in [3.05, 3.63) is 24.3 Å². The Labute approximate surface area is 173 Å². The molecule has 0 aliphatic carbocycles. The maximum Gasteiger partial charge on any atom is 0.282 e. The molecule has 160 valence electrons. The average molecular weight is 423 g/mol. The molecule has 0 spiro atoms. The first-order chi connectivity index (χ1) is 13.6. The summed E-state index contributed by atoms with van der Waals surface area (Å²) in [6.45, 7) is 6.53. The number of piperidine rings is 1. The van der Waals surface area contributed by atoms with Crippen LogP contribution in [0.3, 0.4) is 0 Å². The average Bonchev–Trinajstić information content (AvgIpc) is 2.74. The van der Waals surface area contributed by atoms with Crippen molar-refractivity contribution in [1.29, 1.82) is 0 Å². The normalized spacial score (nSPS) is 26.0. The van der Waals surface area contributed by atoms with Gasteiger partial charge in [-0.1, -0.05) is 26.0 Å². The number of fused-ring (bicyclic) bond motifs is 1. The minimum Gasteiger partial charge on any atom is -0.324 e. The summed E-state index contributed by atoms with van der Waals surface area (Å²) in [5.41, 5.74) is 1.14. The molecule has 0 bridgehead atoms. The smallest absolute Gasteiger partial charge is 0.282 e. The second kappa shape index (κ2) is 8.41. The van der Waals surface area contributed by atoms with E-state index in [0.29, 0.717) is 24.5 Å². The highest BCUT2D eigenvalue weighted by Gasteiger charge is 2.36. The van der Waals surface area contributed by atoms with Gasteiger partial charge < -0.3 is 10.2 Å². The van der Waals surface area contributed by atoms with E-state index >= 15 is 0 Å². The predicted molar refractivity (Wildman–Crippen MR) is 113 cm³/mol. The maximum absolute atomic E-state index is 13.2. The van der Waals surface area contributed by atoms with E-state index in [4.69, 9.17) is 0 Å². The van der Waals surface area contributed by atoms with Crippen molar-refractivity contribution in [2.45, 2.75) is 39.7 Å². The van der Waals surface area contributed by atoms with Gasteiger partial charge in [-0.2, -0.15) is 17.0 Å². The minimum absolute atomic E-state index is 0.151. The topological polar surface area (TPSA) is 90.0 Å². The third-order valence-corrected chi connectivity index (χ3v) is 7.41. The minimum atomic E-state index is -3.74. The van der Waals surface area contributed by atoms with Crippen LogP contribution in [0.4, 0.5) is 11.4 Å². The van der Waals surface area contributed by atoms with E-state index in [0.717, 1.165) is 10.7 Å². The van der Waals surface area contributed by atoms with Gasteiger partial charge in [0.25, 0.3) is 10.2 Å². The summed E-state index contributed by atoms with van der Waals surface area (Å²) in [5, 5.41) is 2.81. The zero-order valence-electron chi connectivity index (χ0n) is 17.5. The summed E-state index contributed by atoms with van der Waals surface area (Å²) in [4.78, 5) is 26.8. The number of benzene rings is 1. The van der Waals surface area contributed by atoms with Gasteiger partial charge in [0.1, 0.15) is 0 Å². The molecule has 2 aliphatic rings. The largest absolute Gasteiger partial charge is 0.324 e. The van der Waals surface area contributed by atoms with Crippen LogP contribution in [0.5, 0.6) is 0 Å². The Morgan fingerprint density at radius 3 is 2.45 bits per heavy atom. The number of anilines is 2. The summed E-state index contributed by atoms with van der Waals surface area (Å²) >= 11 is 0. The van der Waals surface area contributed by atoms with Crippen LogP contribution in [-0.2, 0) is 19.8 Å². The van der Waals surface area contributed by atoms with Crippen molar-refractivity contribution in [2.75, 3.05) is 36.9 Å².